The van der Waals surface area contributed by atoms with Gasteiger partial charge in [-0.15, -0.1) is 0 Å². The number of halogens is 2. The summed E-state index contributed by atoms with van der Waals surface area (Å²) in [4.78, 5) is 21.7. The second-order valence-electron chi connectivity index (χ2n) is 5.24. The lowest BCUT2D eigenvalue weighted by Crippen LogP contribution is -2.32. The van der Waals surface area contributed by atoms with Crippen molar-refractivity contribution < 1.29 is 4.79 Å². The second kappa shape index (κ2) is 6.20. The molecule has 0 bridgehead atoms. The van der Waals surface area contributed by atoms with Crippen LogP contribution in [0.25, 0.3) is 0 Å². The molecule has 1 aromatic heterocycles. The normalized spacial score (nSPS) is 14.6. The van der Waals surface area contributed by atoms with Crippen LogP contribution in [0.15, 0.2) is 24.4 Å². The van der Waals surface area contributed by atoms with Crippen molar-refractivity contribution in [2.24, 2.45) is 5.73 Å². The average molecular weight is 337 g/mol. The summed E-state index contributed by atoms with van der Waals surface area (Å²) in [5.41, 5.74) is 8.24. The number of aromatic nitrogens is 2. The first-order valence-corrected chi connectivity index (χ1v) is 7.59. The van der Waals surface area contributed by atoms with E-state index >= 15 is 0 Å². The average Bonchev–Trinajstić information content (AvgIpc) is 2.50. The number of rotatable bonds is 3. The van der Waals surface area contributed by atoms with Crippen molar-refractivity contribution in [3.05, 3.63) is 57.1 Å². The van der Waals surface area contributed by atoms with Crippen molar-refractivity contribution in [3.8, 4) is 0 Å². The molecule has 7 heteroatoms. The molecule has 1 aliphatic heterocycles. The molecule has 3 rings (SSSR count). The highest BCUT2D eigenvalue weighted by Gasteiger charge is 2.19. The Bertz CT molecular complexity index is 735. The number of nitrogens with two attached hydrogens (primary N) is 1. The minimum Gasteiger partial charge on any atom is -0.363 e. The van der Waals surface area contributed by atoms with Gasteiger partial charge in [0, 0.05) is 25.8 Å². The number of carbonyl (C=O) groups is 1. The molecular formula is C15H14Cl2N4O. The number of nitrogens with zero attached hydrogens (tertiary/aromatic N) is 3. The number of fused-ring (bicyclic) bond motifs is 1. The fourth-order valence-electron chi connectivity index (χ4n) is 2.51. The standard InChI is InChI=1S/C15H14Cl2N4O/c16-11-2-1-9(5-12(11)17)7-21-4-3-10-6-19-15(14(18)22)20-13(10)8-21/h1-2,5-6H,3-4,7-8H2,(H2,18,22). The van der Waals surface area contributed by atoms with Crippen LogP contribution in [0.1, 0.15) is 27.4 Å². The van der Waals surface area contributed by atoms with E-state index in [1.165, 1.54) is 0 Å². The predicted molar refractivity (Wildman–Crippen MR) is 84.8 cm³/mol. The first-order valence-electron chi connectivity index (χ1n) is 6.84. The monoisotopic (exact) mass is 336 g/mol. The van der Waals surface area contributed by atoms with E-state index in [1.807, 2.05) is 12.1 Å². The highest BCUT2D eigenvalue weighted by Crippen LogP contribution is 2.24. The molecule has 2 N–H and O–H groups in total. The number of amides is 1. The Morgan fingerprint density at radius 3 is 2.86 bits per heavy atom. The molecule has 0 saturated carbocycles. The summed E-state index contributed by atoms with van der Waals surface area (Å²) in [7, 11) is 0. The van der Waals surface area contributed by atoms with Crippen LogP contribution in [0.4, 0.5) is 0 Å². The SMILES string of the molecule is NC(=O)c1ncc2c(n1)CN(Cc1ccc(Cl)c(Cl)c1)CC2. The quantitative estimate of drug-likeness (QED) is 0.934. The Labute approximate surface area is 138 Å². The van der Waals surface area contributed by atoms with Gasteiger partial charge in [-0.2, -0.15) is 0 Å². The van der Waals surface area contributed by atoms with Crippen LogP contribution < -0.4 is 5.73 Å². The molecule has 1 amide bonds. The molecule has 1 aliphatic rings. The van der Waals surface area contributed by atoms with E-state index in [9.17, 15) is 4.79 Å². The van der Waals surface area contributed by atoms with E-state index in [2.05, 4.69) is 14.9 Å². The molecule has 22 heavy (non-hydrogen) atoms. The predicted octanol–water partition coefficient (Wildman–Crippen LogP) is 2.44. The topological polar surface area (TPSA) is 72.1 Å². The van der Waals surface area contributed by atoms with E-state index in [0.717, 1.165) is 36.3 Å². The van der Waals surface area contributed by atoms with E-state index in [-0.39, 0.29) is 5.82 Å². The van der Waals surface area contributed by atoms with Gasteiger partial charge in [0.1, 0.15) is 0 Å². The molecule has 2 heterocycles. The Morgan fingerprint density at radius 1 is 1.32 bits per heavy atom. The molecule has 0 atom stereocenters. The molecule has 0 unspecified atom stereocenters. The molecule has 0 aliphatic carbocycles. The molecule has 0 saturated heterocycles. The van der Waals surface area contributed by atoms with Crippen LogP contribution >= 0.6 is 23.2 Å². The number of benzene rings is 1. The van der Waals surface area contributed by atoms with Gasteiger partial charge in [0.2, 0.25) is 5.82 Å². The van der Waals surface area contributed by atoms with Crippen LogP contribution in [-0.2, 0) is 19.5 Å². The fourth-order valence-corrected chi connectivity index (χ4v) is 2.83. The van der Waals surface area contributed by atoms with Gasteiger partial charge in [0.25, 0.3) is 5.91 Å². The van der Waals surface area contributed by atoms with Gasteiger partial charge in [-0.1, -0.05) is 29.3 Å². The summed E-state index contributed by atoms with van der Waals surface area (Å²) >= 11 is 12.0. The van der Waals surface area contributed by atoms with Gasteiger partial charge in [0.15, 0.2) is 0 Å². The van der Waals surface area contributed by atoms with Crippen LogP contribution in [0.5, 0.6) is 0 Å². The Balaban J connectivity index is 1.77. The third kappa shape index (κ3) is 3.21. The number of hydrogen-bond donors (Lipinski definition) is 1. The lowest BCUT2D eigenvalue weighted by Gasteiger charge is -2.27. The highest BCUT2D eigenvalue weighted by molar-refractivity contribution is 6.42. The fraction of sp³-hybridized carbons (Fsp3) is 0.267. The summed E-state index contributed by atoms with van der Waals surface area (Å²) in [6, 6.07) is 5.62. The molecule has 0 spiro atoms. The van der Waals surface area contributed by atoms with Gasteiger partial charge in [-0.25, -0.2) is 9.97 Å². The number of hydrogen-bond acceptors (Lipinski definition) is 4. The maximum absolute atomic E-state index is 11.2. The van der Waals surface area contributed by atoms with Gasteiger partial charge >= 0.3 is 0 Å². The van der Waals surface area contributed by atoms with Crippen molar-refractivity contribution in [3.63, 3.8) is 0 Å². The van der Waals surface area contributed by atoms with Crippen LogP contribution in [-0.4, -0.2) is 27.3 Å². The molecule has 5 nitrogen and oxygen atoms in total. The minimum atomic E-state index is -0.607. The van der Waals surface area contributed by atoms with Crippen molar-refractivity contribution in [2.45, 2.75) is 19.5 Å². The van der Waals surface area contributed by atoms with Gasteiger partial charge in [-0.3, -0.25) is 9.69 Å². The van der Waals surface area contributed by atoms with E-state index in [0.29, 0.717) is 16.6 Å². The van der Waals surface area contributed by atoms with Gasteiger partial charge < -0.3 is 5.73 Å². The first-order chi connectivity index (χ1) is 10.5. The molecule has 2 aromatic rings. The maximum atomic E-state index is 11.2. The van der Waals surface area contributed by atoms with Crippen molar-refractivity contribution >= 4 is 29.1 Å². The number of primary amides is 1. The summed E-state index contributed by atoms with van der Waals surface area (Å²) < 4.78 is 0. The number of carbonyl (C=O) groups excluding carboxylic acids is 1. The summed E-state index contributed by atoms with van der Waals surface area (Å²) in [5.74, 6) is -0.542. The summed E-state index contributed by atoms with van der Waals surface area (Å²) in [5, 5.41) is 1.10. The van der Waals surface area contributed by atoms with Gasteiger partial charge in [0.05, 0.1) is 15.7 Å². The lowest BCUT2D eigenvalue weighted by molar-refractivity contribution is 0.0989. The Kier molecular flexibility index (Phi) is 4.29. The zero-order chi connectivity index (χ0) is 15.7. The second-order valence-corrected chi connectivity index (χ2v) is 6.05. The zero-order valence-electron chi connectivity index (χ0n) is 11.7. The van der Waals surface area contributed by atoms with Crippen LogP contribution in [0.3, 0.4) is 0 Å². The summed E-state index contributed by atoms with van der Waals surface area (Å²) in [6.07, 6.45) is 2.54. The Morgan fingerprint density at radius 2 is 2.14 bits per heavy atom. The molecular weight excluding hydrogens is 323 g/mol. The molecule has 0 radical (unpaired) electrons. The largest absolute Gasteiger partial charge is 0.363 e. The van der Waals surface area contributed by atoms with Crippen LogP contribution in [0.2, 0.25) is 10.0 Å². The van der Waals surface area contributed by atoms with Crippen LogP contribution in [0, 0.1) is 0 Å². The maximum Gasteiger partial charge on any atom is 0.286 e. The molecule has 0 fully saturated rings. The molecule has 114 valence electrons. The zero-order valence-corrected chi connectivity index (χ0v) is 13.2. The summed E-state index contributed by atoms with van der Waals surface area (Å²) in [6.45, 7) is 2.29. The van der Waals surface area contributed by atoms with Crippen molar-refractivity contribution in [1.82, 2.24) is 14.9 Å². The third-order valence-electron chi connectivity index (χ3n) is 3.64. The first kappa shape index (κ1) is 15.2. The van der Waals surface area contributed by atoms with Crippen molar-refractivity contribution in [2.75, 3.05) is 6.54 Å². The van der Waals surface area contributed by atoms with E-state index < -0.39 is 5.91 Å². The van der Waals surface area contributed by atoms with Crippen molar-refractivity contribution in [1.29, 1.82) is 0 Å². The molecule has 1 aromatic carbocycles. The van der Waals surface area contributed by atoms with Gasteiger partial charge in [-0.05, 0) is 29.7 Å². The lowest BCUT2D eigenvalue weighted by atomic mass is 10.1. The third-order valence-corrected chi connectivity index (χ3v) is 4.37. The Hall–Kier alpha value is -1.69. The van der Waals surface area contributed by atoms with E-state index in [4.69, 9.17) is 28.9 Å². The van der Waals surface area contributed by atoms with E-state index in [1.54, 1.807) is 12.3 Å². The highest BCUT2D eigenvalue weighted by atomic mass is 35.5. The minimum absolute atomic E-state index is 0.0649. The smallest absolute Gasteiger partial charge is 0.286 e.